The molecule has 0 fully saturated rings. The summed E-state index contributed by atoms with van der Waals surface area (Å²) >= 11 is 0. The van der Waals surface area contributed by atoms with Crippen LogP contribution in [0, 0.1) is 13.8 Å². The quantitative estimate of drug-likeness (QED) is 0.723. The summed E-state index contributed by atoms with van der Waals surface area (Å²) in [5, 5.41) is 0. The second-order valence-corrected chi connectivity index (χ2v) is 6.74. The molecular weight excluding hydrogens is 366 g/mol. The number of carbonyl (C=O) groups excluding carboxylic acids is 2. The van der Waals surface area contributed by atoms with Gasteiger partial charge in [0.2, 0.25) is 0 Å². The Bertz CT molecular complexity index is 1030. The van der Waals surface area contributed by atoms with Gasteiger partial charge in [0.15, 0.2) is 0 Å². The topological polar surface area (TPSA) is 55.8 Å². The van der Waals surface area contributed by atoms with E-state index in [2.05, 4.69) is 32.0 Å². The summed E-state index contributed by atoms with van der Waals surface area (Å²) in [5.74, 6) is -1.24. The number of hydrogen-bond acceptors (Lipinski definition) is 5. The average molecular weight is 389 g/mol. The first kappa shape index (κ1) is 20.1. The highest BCUT2D eigenvalue weighted by Gasteiger charge is 2.27. The SMILES string of the molecule is COC(=O)C1=C(C(=O)OC)N(c2cccc(-c3cc(C)cc(C)c3)c2)C=CC=C1. The lowest BCUT2D eigenvalue weighted by Crippen LogP contribution is -2.26. The van der Waals surface area contributed by atoms with Gasteiger partial charge < -0.3 is 14.4 Å². The van der Waals surface area contributed by atoms with Gasteiger partial charge in [0.25, 0.3) is 0 Å². The maximum absolute atomic E-state index is 12.6. The third kappa shape index (κ3) is 4.29. The summed E-state index contributed by atoms with van der Waals surface area (Å²) in [4.78, 5) is 26.5. The fourth-order valence-electron chi connectivity index (χ4n) is 3.34. The molecule has 0 aromatic heterocycles. The summed E-state index contributed by atoms with van der Waals surface area (Å²) in [5.41, 5.74) is 5.38. The van der Waals surface area contributed by atoms with Crippen LogP contribution in [0.15, 0.2) is 78.2 Å². The first-order valence-corrected chi connectivity index (χ1v) is 9.18. The highest BCUT2D eigenvalue weighted by molar-refractivity contribution is 6.05. The van der Waals surface area contributed by atoms with Gasteiger partial charge in [-0.05, 0) is 49.3 Å². The third-order valence-electron chi connectivity index (χ3n) is 4.57. The van der Waals surface area contributed by atoms with Crippen molar-refractivity contribution in [2.45, 2.75) is 13.8 Å². The largest absolute Gasteiger partial charge is 0.465 e. The molecule has 0 saturated carbocycles. The summed E-state index contributed by atoms with van der Waals surface area (Å²) in [6, 6.07) is 14.1. The Hall–Kier alpha value is -3.60. The van der Waals surface area contributed by atoms with Gasteiger partial charge in [0, 0.05) is 11.9 Å². The number of esters is 2. The Kier molecular flexibility index (Phi) is 5.98. The van der Waals surface area contributed by atoms with Crippen LogP contribution in [0.5, 0.6) is 0 Å². The third-order valence-corrected chi connectivity index (χ3v) is 4.57. The number of methoxy groups -OCH3 is 2. The van der Waals surface area contributed by atoms with Gasteiger partial charge in [-0.1, -0.05) is 47.5 Å². The van der Waals surface area contributed by atoms with Crippen molar-refractivity contribution < 1.29 is 19.1 Å². The van der Waals surface area contributed by atoms with Crippen molar-refractivity contribution >= 4 is 17.6 Å². The number of ether oxygens (including phenoxy) is 2. The lowest BCUT2D eigenvalue weighted by Gasteiger charge is -2.23. The summed E-state index contributed by atoms with van der Waals surface area (Å²) < 4.78 is 9.82. The van der Waals surface area contributed by atoms with Crippen LogP contribution in [0.3, 0.4) is 0 Å². The van der Waals surface area contributed by atoms with Crippen molar-refractivity contribution in [1.29, 1.82) is 0 Å². The molecule has 0 bridgehead atoms. The van der Waals surface area contributed by atoms with Crippen molar-refractivity contribution in [3.63, 3.8) is 0 Å². The van der Waals surface area contributed by atoms with Crippen LogP contribution in [0.4, 0.5) is 5.69 Å². The minimum absolute atomic E-state index is 0.0990. The van der Waals surface area contributed by atoms with Crippen molar-refractivity contribution in [1.82, 2.24) is 0 Å². The van der Waals surface area contributed by atoms with Crippen molar-refractivity contribution in [2.24, 2.45) is 0 Å². The minimum atomic E-state index is -0.626. The second kappa shape index (κ2) is 8.61. The summed E-state index contributed by atoms with van der Waals surface area (Å²) in [6.45, 7) is 4.12. The van der Waals surface area contributed by atoms with Crippen LogP contribution in [0.2, 0.25) is 0 Å². The summed E-state index contributed by atoms with van der Waals surface area (Å²) in [6.07, 6.45) is 6.70. The van der Waals surface area contributed by atoms with Crippen LogP contribution < -0.4 is 4.90 Å². The molecule has 0 amide bonds. The van der Waals surface area contributed by atoms with Gasteiger partial charge in [0.05, 0.1) is 19.8 Å². The van der Waals surface area contributed by atoms with E-state index in [0.717, 1.165) is 16.8 Å². The number of allylic oxidation sites excluding steroid dienone is 2. The molecule has 29 heavy (non-hydrogen) atoms. The number of benzene rings is 2. The van der Waals surface area contributed by atoms with E-state index in [1.165, 1.54) is 25.3 Å². The molecule has 0 atom stereocenters. The molecule has 0 unspecified atom stereocenters. The standard InChI is InChI=1S/C24H23NO4/c1-16-12-17(2)14-19(13-16)18-8-7-9-20(15-18)25-11-6-5-10-21(23(26)28-3)22(25)24(27)29-4/h5-15H,1-4H3. The Morgan fingerprint density at radius 3 is 2.17 bits per heavy atom. The van der Waals surface area contributed by atoms with Gasteiger partial charge in [-0.25, -0.2) is 9.59 Å². The molecule has 5 nitrogen and oxygen atoms in total. The molecule has 1 heterocycles. The maximum Gasteiger partial charge on any atom is 0.355 e. The molecule has 0 radical (unpaired) electrons. The zero-order chi connectivity index (χ0) is 21.0. The fraction of sp³-hybridized carbons (Fsp3) is 0.167. The maximum atomic E-state index is 12.6. The van der Waals surface area contributed by atoms with E-state index < -0.39 is 11.9 Å². The predicted octanol–water partition coefficient (Wildman–Crippen LogP) is 4.46. The van der Waals surface area contributed by atoms with E-state index in [-0.39, 0.29) is 11.3 Å². The highest BCUT2D eigenvalue weighted by Crippen LogP contribution is 2.31. The molecule has 1 aliphatic heterocycles. The van der Waals surface area contributed by atoms with Crippen LogP contribution in [-0.4, -0.2) is 26.2 Å². The van der Waals surface area contributed by atoms with Gasteiger partial charge in [-0.2, -0.15) is 0 Å². The Morgan fingerprint density at radius 1 is 0.828 bits per heavy atom. The van der Waals surface area contributed by atoms with Crippen molar-refractivity contribution in [3.05, 3.63) is 89.3 Å². The molecule has 0 saturated heterocycles. The lowest BCUT2D eigenvalue weighted by molar-refractivity contribution is -0.139. The molecule has 5 heteroatoms. The normalized spacial score (nSPS) is 13.3. The van der Waals surface area contributed by atoms with Crippen LogP contribution >= 0.6 is 0 Å². The first-order chi connectivity index (χ1) is 13.9. The first-order valence-electron chi connectivity index (χ1n) is 9.18. The number of aryl methyl sites for hydroxylation is 2. The predicted molar refractivity (Wildman–Crippen MR) is 113 cm³/mol. The van der Waals surface area contributed by atoms with Crippen LogP contribution in [0.25, 0.3) is 11.1 Å². The monoisotopic (exact) mass is 389 g/mol. The van der Waals surface area contributed by atoms with E-state index in [1.807, 2.05) is 24.3 Å². The van der Waals surface area contributed by atoms with Gasteiger partial charge in [0.1, 0.15) is 5.70 Å². The van der Waals surface area contributed by atoms with E-state index in [1.54, 1.807) is 29.3 Å². The van der Waals surface area contributed by atoms with E-state index in [9.17, 15) is 9.59 Å². The second-order valence-electron chi connectivity index (χ2n) is 6.74. The lowest BCUT2D eigenvalue weighted by atomic mass is 10.00. The number of carbonyl (C=O) groups is 2. The Balaban J connectivity index is 2.15. The molecule has 0 spiro atoms. The number of nitrogens with zero attached hydrogens (tertiary/aromatic N) is 1. The number of anilines is 1. The molecule has 148 valence electrons. The van der Waals surface area contributed by atoms with Crippen LogP contribution in [-0.2, 0) is 19.1 Å². The summed E-state index contributed by atoms with van der Waals surface area (Å²) in [7, 11) is 2.56. The van der Waals surface area contributed by atoms with Gasteiger partial charge >= 0.3 is 11.9 Å². The average Bonchev–Trinajstić information content (AvgIpc) is 2.95. The zero-order valence-corrected chi connectivity index (χ0v) is 16.9. The molecule has 1 aliphatic rings. The van der Waals surface area contributed by atoms with Gasteiger partial charge in [-0.3, -0.25) is 0 Å². The van der Waals surface area contributed by atoms with E-state index in [4.69, 9.17) is 9.47 Å². The van der Waals surface area contributed by atoms with E-state index in [0.29, 0.717) is 0 Å². The van der Waals surface area contributed by atoms with Crippen molar-refractivity contribution in [3.8, 4) is 11.1 Å². The number of rotatable bonds is 4. The molecule has 0 N–H and O–H groups in total. The highest BCUT2D eigenvalue weighted by atomic mass is 16.5. The Labute approximate surface area is 170 Å². The fourth-order valence-corrected chi connectivity index (χ4v) is 3.34. The van der Waals surface area contributed by atoms with Gasteiger partial charge in [-0.15, -0.1) is 0 Å². The molecule has 0 aliphatic carbocycles. The molecule has 3 rings (SSSR count). The van der Waals surface area contributed by atoms with E-state index >= 15 is 0 Å². The molecule has 2 aromatic rings. The molecular formula is C24H23NO4. The van der Waals surface area contributed by atoms with Crippen LogP contribution in [0.1, 0.15) is 11.1 Å². The van der Waals surface area contributed by atoms with Crippen molar-refractivity contribution in [2.75, 3.05) is 19.1 Å². The number of hydrogen-bond donors (Lipinski definition) is 0. The minimum Gasteiger partial charge on any atom is -0.465 e. The smallest absolute Gasteiger partial charge is 0.355 e. The molecule has 2 aromatic carbocycles. The Morgan fingerprint density at radius 2 is 1.52 bits per heavy atom. The zero-order valence-electron chi connectivity index (χ0n) is 16.9.